The van der Waals surface area contributed by atoms with E-state index in [0.29, 0.717) is 29.5 Å². The van der Waals surface area contributed by atoms with Crippen molar-refractivity contribution in [3.8, 4) is 17.2 Å². The highest BCUT2D eigenvalue weighted by molar-refractivity contribution is 5.93. The smallest absolute Gasteiger partial charge is 0.262 e. The highest BCUT2D eigenvalue weighted by Gasteiger charge is 2.14. The normalized spacial score (nSPS) is 14.6. The van der Waals surface area contributed by atoms with Crippen LogP contribution in [-0.2, 0) is 11.3 Å². The third-order valence-corrected chi connectivity index (χ3v) is 4.97. The summed E-state index contributed by atoms with van der Waals surface area (Å²) in [5, 5.41) is 2.69. The minimum Gasteiger partial charge on any atom is -0.497 e. The van der Waals surface area contributed by atoms with Gasteiger partial charge in [0, 0.05) is 12.1 Å². The molecule has 1 aromatic heterocycles. The average Bonchev–Trinajstić information content (AvgIpc) is 3.01. The van der Waals surface area contributed by atoms with Gasteiger partial charge in [0.15, 0.2) is 6.61 Å². The predicted molar refractivity (Wildman–Crippen MR) is 112 cm³/mol. The lowest BCUT2D eigenvalue weighted by molar-refractivity contribution is -0.118. The number of amides is 1. The summed E-state index contributed by atoms with van der Waals surface area (Å²) in [7, 11) is 3.04. The molecular weight excluding hydrogens is 388 g/mol. The van der Waals surface area contributed by atoms with Gasteiger partial charge in [-0.25, -0.2) is 0 Å². The number of carbonyl (C=O) groups excluding carboxylic acids is 1. The molecule has 0 atom stereocenters. The molecule has 0 spiro atoms. The zero-order chi connectivity index (χ0) is 21.3. The molecule has 2 aromatic rings. The van der Waals surface area contributed by atoms with E-state index in [-0.39, 0.29) is 17.8 Å². The summed E-state index contributed by atoms with van der Waals surface area (Å²) in [4.78, 5) is 26.9. The van der Waals surface area contributed by atoms with E-state index in [0.717, 1.165) is 13.1 Å². The summed E-state index contributed by atoms with van der Waals surface area (Å²) in [6.45, 7) is 2.29. The van der Waals surface area contributed by atoms with Crippen molar-refractivity contribution in [2.24, 2.45) is 0 Å². The van der Waals surface area contributed by atoms with Crippen LogP contribution in [0.15, 0.2) is 39.7 Å². The quantitative estimate of drug-likeness (QED) is 0.707. The van der Waals surface area contributed by atoms with Crippen LogP contribution < -0.4 is 25.0 Å². The molecule has 3 rings (SSSR count). The van der Waals surface area contributed by atoms with E-state index in [9.17, 15) is 9.59 Å². The number of anilines is 1. The van der Waals surface area contributed by atoms with E-state index >= 15 is 0 Å². The summed E-state index contributed by atoms with van der Waals surface area (Å²) in [6, 6.07) is 6.49. The molecule has 0 unspecified atom stereocenters. The molecule has 1 N–H and O–H groups in total. The maximum absolute atomic E-state index is 12.3. The molecule has 1 amide bonds. The van der Waals surface area contributed by atoms with Crippen molar-refractivity contribution in [3.63, 3.8) is 0 Å². The minimum atomic E-state index is -0.436. The first-order valence-corrected chi connectivity index (χ1v) is 10.1. The van der Waals surface area contributed by atoms with Crippen LogP contribution in [0.4, 0.5) is 5.69 Å². The molecule has 30 heavy (non-hydrogen) atoms. The highest BCUT2D eigenvalue weighted by Crippen LogP contribution is 2.28. The first-order chi connectivity index (χ1) is 14.6. The number of ether oxygens (including phenoxy) is 3. The van der Waals surface area contributed by atoms with Gasteiger partial charge in [-0.1, -0.05) is 12.8 Å². The lowest BCUT2D eigenvalue weighted by Crippen LogP contribution is -2.25. The molecule has 0 bridgehead atoms. The fourth-order valence-corrected chi connectivity index (χ4v) is 3.38. The van der Waals surface area contributed by atoms with Crippen LogP contribution in [0, 0.1) is 0 Å². The summed E-state index contributed by atoms with van der Waals surface area (Å²) >= 11 is 0. The standard InChI is InChI=1S/C22H28N2O6/c1-27-16-7-8-20(28-2)18(11-16)23-22(26)15-30-21-14-29-17(12-19(21)25)13-24-9-5-3-4-6-10-24/h7-8,11-12,14H,3-6,9-10,13,15H2,1-2H3,(H,23,26). The molecule has 0 radical (unpaired) electrons. The number of nitrogens with one attached hydrogen (secondary N) is 1. The van der Waals surface area contributed by atoms with Crippen molar-refractivity contribution < 1.29 is 23.4 Å². The minimum absolute atomic E-state index is 0.00220. The number of likely N-dealkylation sites (tertiary alicyclic amines) is 1. The first-order valence-electron chi connectivity index (χ1n) is 10.1. The van der Waals surface area contributed by atoms with Crippen LogP contribution in [0.1, 0.15) is 31.4 Å². The van der Waals surface area contributed by atoms with Crippen molar-refractivity contribution in [2.45, 2.75) is 32.2 Å². The van der Waals surface area contributed by atoms with Gasteiger partial charge >= 0.3 is 0 Å². The van der Waals surface area contributed by atoms with Gasteiger partial charge in [0.25, 0.3) is 5.91 Å². The molecule has 0 aliphatic carbocycles. The van der Waals surface area contributed by atoms with Crippen LogP contribution in [0.5, 0.6) is 17.2 Å². The van der Waals surface area contributed by atoms with Gasteiger partial charge in [-0.3, -0.25) is 14.5 Å². The topological polar surface area (TPSA) is 90.2 Å². The summed E-state index contributed by atoms with van der Waals surface area (Å²) in [6.07, 6.45) is 6.10. The van der Waals surface area contributed by atoms with Crippen LogP contribution in [0.25, 0.3) is 0 Å². The number of rotatable bonds is 8. The Labute approximate surface area is 175 Å². The number of carbonyl (C=O) groups is 1. The van der Waals surface area contributed by atoms with Gasteiger partial charge in [-0.2, -0.15) is 0 Å². The Morgan fingerprint density at radius 1 is 1.07 bits per heavy atom. The van der Waals surface area contributed by atoms with Crippen LogP contribution in [0.2, 0.25) is 0 Å². The van der Waals surface area contributed by atoms with Crippen molar-refractivity contribution >= 4 is 11.6 Å². The third-order valence-electron chi connectivity index (χ3n) is 4.97. The van der Waals surface area contributed by atoms with E-state index in [2.05, 4.69) is 10.2 Å². The van der Waals surface area contributed by atoms with Gasteiger partial charge in [-0.05, 0) is 38.1 Å². The largest absolute Gasteiger partial charge is 0.497 e. The highest BCUT2D eigenvalue weighted by atomic mass is 16.5. The lowest BCUT2D eigenvalue weighted by atomic mass is 10.2. The Bertz CT molecular complexity index is 903. The first kappa shape index (κ1) is 21.7. The Hall–Kier alpha value is -3.00. The van der Waals surface area contributed by atoms with E-state index in [4.69, 9.17) is 18.6 Å². The van der Waals surface area contributed by atoms with Gasteiger partial charge in [-0.15, -0.1) is 0 Å². The average molecular weight is 416 g/mol. The monoisotopic (exact) mass is 416 g/mol. The molecule has 1 aliphatic rings. The van der Waals surface area contributed by atoms with Crippen LogP contribution >= 0.6 is 0 Å². The zero-order valence-electron chi connectivity index (χ0n) is 17.4. The molecule has 1 aromatic carbocycles. The van der Waals surface area contributed by atoms with Gasteiger partial charge < -0.3 is 23.9 Å². The number of benzene rings is 1. The fourth-order valence-electron chi connectivity index (χ4n) is 3.38. The van der Waals surface area contributed by atoms with Gasteiger partial charge in [0.05, 0.1) is 26.5 Å². The molecular formula is C22H28N2O6. The SMILES string of the molecule is COc1ccc(OC)c(NC(=O)COc2coc(CN3CCCCCC3)cc2=O)c1. The number of methoxy groups -OCH3 is 2. The van der Waals surface area contributed by atoms with Crippen molar-refractivity contribution in [2.75, 3.05) is 39.2 Å². The molecule has 8 nitrogen and oxygen atoms in total. The molecule has 1 aliphatic heterocycles. The van der Waals surface area contributed by atoms with Crippen LogP contribution in [-0.4, -0.2) is 44.7 Å². The van der Waals surface area contributed by atoms with E-state index in [1.807, 2.05) is 0 Å². The van der Waals surface area contributed by atoms with Crippen molar-refractivity contribution in [1.82, 2.24) is 4.90 Å². The maximum atomic E-state index is 12.3. The Kier molecular flexibility index (Phi) is 7.73. The Morgan fingerprint density at radius 2 is 1.83 bits per heavy atom. The molecule has 0 saturated carbocycles. The molecule has 1 saturated heterocycles. The third kappa shape index (κ3) is 6.00. The van der Waals surface area contributed by atoms with Gasteiger partial charge in [0.1, 0.15) is 23.5 Å². The van der Waals surface area contributed by atoms with Crippen LogP contribution in [0.3, 0.4) is 0 Å². The van der Waals surface area contributed by atoms with E-state index < -0.39 is 5.91 Å². The van der Waals surface area contributed by atoms with Crippen molar-refractivity contribution in [1.29, 1.82) is 0 Å². The molecule has 8 heteroatoms. The van der Waals surface area contributed by atoms with Crippen molar-refractivity contribution in [3.05, 3.63) is 46.5 Å². The second-order valence-electron chi connectivity index (χ2n) is 7.17. The van der Waals surface area contributed by atoms with E-state index in [1.54, 1.807) is 18.2 Å². The second kappa shape index (κ2) is 10.7. The Balaban J connectivity index is 1.56. The number of nitrogens with zero attached hydrogens (tertiary/aromatic N) is 1. The van der Waals surface area contributed by atoms with E-state index in [1.165, 1.54) is 52.2 Å². The molecule has 2 heterocycles. The molecule has 162 valence electrons. The second-order valence-corrected chi connectivity index (χ2v) is 7.17. The Morgan fingerprint density at radius 3 is 2.50 bits per heavy atom. The fraction of sp³-hybridized carbons (Fsp3) is 0.455. The predicted octanol–water partition coefficient (Wildman–Crippen LogP) is 3.05. The molecule has 1 fully saturated rings. The zero-order valence-corrected chi connectivity index (χ0v) is 17.4. The van der Waals surface area contributed by atoms with Gasteiger partial charge in [0.2, 0.25) is 11.2 Å². The summed E-state index contributed by atoms with van der Waals surface area (Å²) in [5.74, 6) is 1.23. The summed E-state index contributed by atoms with van der Waals surface area (Å²) in [5.41, 5.74) is 0.142. The number of hydrogen-bond donors (Lipinski definition) is 1. The number of hydrogen-bond acceptors (Lipinski definition) is 7. The lowest BCUT2D eigenvalue weighted by Gasteiger charge is -2.18. The maximum Gasteiger partial charge on any atom is 0.262 e. The summed E-state index contributed by atoms with van der Waals surface area (Å²) < 4.78 is 21.3.